The van der Waals surface area contributed by atoms with Crippen LogP contribution in [-0.2, 0) is 32.6 Å². The van der Waals surface area contributed by atoms with Gasteiger partial charge in [0, 0.05) is 19.0 Å². The summed E-state index contributed by atoms with van der Waals surface area (Å²) in [4.78, 5) is 30.2. The van der Waals surface area contributed by atoms with Gasteiger partial charge in [-0.1, -0.05) is 104 Å². The third kappa shape index (κ3) is 8.46. The number of benzene rings is 4. The van der Waals surface area contributed by atoms with Crippen LogP contribution >= 0.6 is 0 Å². The largest absolute Gasteiger partial charge is 0.352 e. The van der Waals surface area contributed by atoms with Crippen LogP contribution in [0.5, 0.6) is 0 Å². The van der Waals surface area contributed by atoms with Gasteiger partial charge in [-0.25, -0.2) is 12.8 Å². The lowest BCUT2D eigenvalue weighted by Crippen LogP contribution is -2.55. The van der Waals surface area contributed by atoms with Crippen molar-refractivity contribution in [3.8, 4) is 0 Å². The first-order valence-electron chi connectivity index (χ1n) is 16.2. The van der Waals surface area contributed by atoms with E-state index in [1.165, 1.54) is 41.3 Å². The van der Waals surface area contributed by atoms with E-state index in [2.05, 4.69) is 5.32 Å². The molecule has 0 aliphatic heterocycles. The molecule has 1 fully saturated rings. The third-order valence-electron chi connectivity index (χ3n) is 8.83. The van der Waals surface area contributed by atoms with Crippen molar-refractivity contribution in [2.75, 3.05) is 10.8 Å². The standard InChI is InChI=1S/C38H42FN3O4S/c1-28-21-23-33(24-22-28)47(45,46)42(35-20-12-11-19-34(35)39)27-37(43)41(26-31-16-10-9-13-29(31)2)36(25-30-14-5-3-6-15-30)38(44)40-32-17-7-4-8-18-32/h3,5-6,9-16,19-24,32,36H,4,7-8,17-18,25-27H2,1-2H3,(H,40,44). The maximum absolute atomic E-state index is 15.3. The lowest BCUT2D eigenvalue weighted by atomic mass is 9.94. The number of sulfonamides is 1. The van der Waals surface area contributed by atoms with Gasteiger partial charge >= 0.3 is 0 Å². The second kappa shape index (κ2) is 15.4. The number of nitrogens with zero attached hydrogens (tertiary/aromatic N) is 2. The van der Waals surface area contributed by atoms with Crippen LogP contribution in [0.1, 0.15) is 54.4 Å². The second-order valence-electron chi connectivity index (χ2n) is 12.3. The number of hydrogen-bond donors (Lipinski definition) is 1. The Morgan fingerprint density at radius 2 is 1.47 bits per heavy atom. The molecule has 0 bridgehead atoms. The molecule has 0 saturated heterocycles. The van der Waals surface area contributed by atoms with Gasteiger partial charge in [-0.3, -0.25) is 13.9 Å². The molecule has 5 rings (SSSR count). The molecule has 1 saturated carbocycles. The lowest BCUT2D eigenvalue weighted by Gasteiger charge is -2.35. The van der Waals surface area contributed by atoms with E-state index in [0.29, 0.717) is 0 Å². The Bertz CT molecular complexity index is 1770. The zero-order valence-electron chi connectivity index (χ0n) is 26.9. The fraction of sp³-hybridized carbons (Fsp3) is 0.316. The summed E-state index contributed by atoms with van der Waals surface area (Å²) in [6.45, 7) is 3.13. The predicted octanol–water partition coefficient (Wildman–Crippen LogP) is 6.73. The van der Waals surface area contributed by atoms with Crippen LogP contribution < -0.4 is 9.62 Å². The van der Waals surface area contributed by atoms with E-state index in [-0.39, 0.29) is 35.5 Å². The average molecular weight is 656 g/mol. The molecule has 0 radical (unpaired) electrons. The maximum atomic E-state index is 15.3. The molecule has 0 heterocycles. The van der Waals surface area contributed by atoms with Gasteiger partial charge < -0.3 is 10.2 Å². The molecular weight excluding hydrogens is 614 g/mol. The molecule has 1 aliphatic carbocycles. The van der Waals surface area contributed by atoms with Crippen LogP contribution in [0.3, 0.4) is 0 Å². The molecule has 1 unspecified atom stereocenters. The van der Waals surface area contributed by atoms with E-state index >= 15 is 4.39 Å². The fourth-order valence-electron chi connectivity index (χ4n) is 6.07. The average Bonchev–Trinajstić information content (AvgIpc) is 3.07. The normalized spacial score (nSPS) is 14.3. The summed E-state index contributed by atoms with van der Waals surface area (Å²) in [5, 5.41) is 3.21. The van der Waals surface area contributed by atoms with E-state index in [4.69, 9.17) is 0 Å². The number of rotatable bonds is 12. The van der Waals surface area contributed by atoms with E-state index in [1.807, 2.05) is 68.4 Å². The predicted molar refractivity (Wildman–Crippen MR) is 183 cm³/mol. The first-order valence-corrected chi connectivity index (χ1v) is 17.6. The Balaban J connectivity index is 1.58. The number of carbonyl (C=O) groups excluding carboxylic acids is 2. The van der Waals surface area contributed by atoms with Gasteiger partial charge in [-0.2, -0.15) is 0 Å². The Kier molecular flexibility index (Phi) is 11.1. The number of para-hydroxylation sites is 1. The van der Waals surface area contributed by atoms with Crippen molar-refractivity contribution in [3.05, 3.63) is 131 Å². The van der Waals surface area contributed by atoms with Gasteiger partial charge in [0.2, 0.25) is 11.8 Å². The Morgan fingerprint density at radius 3 is 2.15 bits per heavy atom. The van der Waals surface area contributed by atoms with Crippen molar-refractivity contribution in [1.29, 1.82) is 0 Å². The number of carbonyl (C=O) groups is 2. The molecule has 1 aliphatic rings. The number of nitrogens with one attached hydrogen (secondary N) is 1. The van der Waals surface area contributed by atoms with Crippen molar-refractivity contribution in [2.45, 2.75) is 75.9 Å². The highest BCUT2D eigenvalue weighted by Gasteiger charge is 2.36. The van der Waals surface area contributed by atoms with Crippen LogP contribution in [0.25, 0.3) is 0 Å². The molecule has 7 nitrogen and oxygen atoms in total. The van der Waals surface area contributed by atoms with Gasteiger partial charge in [-0.15, -0.1) is 0 Å². The minimum atomic E-state index is -4.39. The molecule has 47 heavy (non-hydrogen) atoms. The Labute approximate surface area is 277 Å². The molecule has 0 spiro atoms. The maximum Gasteiger partial charge on any atom is 0.264 e. The highest BCUT2D eigenvalue weighted by atomic mass is 32.2. The van der Waals surface area contributed by atoms with Crippen LogP contribution in [0.15, 0.2) is 108 Å². The summed E-state index contributed by atoms with van der Waals surface area (Å²) in [5.41, 5.74) is 3.22. The van der Waals surface area contributed by atoms with Crippen molar-refractivity contribution in [1.82, 2.24) is 10.2 Å². The Hall–Kier alpha value is -4.50. The van der Waals surface area contributed by atoms with Crippen LogP contribution in [-0.4, -0.2) is 43.8 Å². The molecular formula is C38H42FN3O4S. The summed E-state index contributed by atoms with van der Waals surface area (Å²) in [5.74, 6) is -1.69. The SMILES string of the molecule is Cc1ccc(S(=O)(=O)N(CC(=O)N(Cc2ccccc2C)C(Cc2ccccc2)C(=O)NC2CCCCC2)c2ccccc2F)cc1. The van der Waals surface area contributed by atoms with Crippen LogP contribution in [0.2, 0.25) is 0 Å². The number of halogens is 1. The van der Waals surface area contributed by atoms with Gasteiger partial charge in [-0.05, 0) is 67.6 Å². The quantitative estimate of drug-likeness (QED) is 0.184. The number of anilines is 1. The first kappa shape index (κ1) is 33.9. The fourth-order valence-corrected chi connectivity index (χ4v) is 7.50. The van der Waals surface area contributed by atoms with Crippen molar-refractivity contribution in [3.63, 3.8) is 0 Å². The van der Waals surface area contributed by atoms with E-state index in [0.717, 1.165) is 58.7 Å². The smallest absolute Gasteiger partial charge is 0.264 e. The molecule has 4 aromatic carbocycles. The van der Waals surface area contributed by atoms with Gasteiger partial charge in [0.05, 0.1) is 10.6 Å². The molecule has 9 heteroatoms. The summed E-state index contributed by atoms with van der Waals surface area (Å²) >= 11 is 0. The first-order chi connectivity index (χ1) is 22.6. The minimum Gasteiger partial charge on any atom is -0.352 e. The molecule has 2 amide bonds. The molecule has 246 valence electrons. The third-order valence-corrected chi connectivity index (χ3v) is 10.6. The number of amides is 2. The zero-order chi connectivity index (χ0) is 33.4. The van der Waals surface area contributed by atoms with Crippen LogP contribution in [0, 0.1) is 19.7 Å². The highest BCUT2D eigenvalue weighted by molar-refractivity contribution is 7.92. The van der Waals surface area contributed by atoms with Gasteiger partial charge in [0.25, 0.3) is 10.0 Å². The summed E-state index contributed by atoms with van der Waals surface area (Å²) < 4.78 is 44.4. The molecule has 0 aromatic heterocycles. The summed E-state index contributed by atoms with van der Waals surface area (Å²) in [7, 11) is -4.39. The molecule has 1 atom stereocenters. The molecule has 1 N–H and O–H groups in total. The molecule has 4 aromatic rings. The topological polar surface area (TPSA) is 86.8 Å². The zero-order valence-corrected chi connectivity index (χ0v) is 27.8. The van der Waals surface area contributed by atoms with E-state index in [1.54, 1.807) is 12.1 Å². The highest BCUT2D eigenvalue weighted by Crippen LogP contribution is 2.28. The summed E-state index contributed by atoms with van der Waals surface area (Å²) in [6, 6.07) is 27.8. The van der Waals surface area contributed by atoms with Gasteiger partial charge in [0.15, 0.2) is 0 Å². The number of aryl methyl sites for hydroxylation is 2. The lowest BCUT2D eigenvalue weighted by molar-refractivity contribution is -0.140. The minimum absolute atomic E-state index is 0.00163. The van der Waals surface area contributed by atoms with Gasteiger partial charge in [0.1, 0.15) is 18.4 Å². The van der Waals surface area contributed by atoms with Crippen molar-refractivity contribution >= 4 is 27.5 Å². The monoisotopic (exact) mass is 655 g/mol. The van der Waals surface area contributed by atoms with E-state index in [9.17, 15) is 18.0 Å². The van der Waals surface area contributed by atoms with Crippen LogP contribution in [0.4, 0.5) is 10.1 Å². The summed E-state index contributed by atoms with van der Waals surface area (Å²) in [6.07, 6.45) is 5.13. The van der Waals surface area contributed by atoms with E-state index < -0.39 is 34.3 Å². The Morgan fingerprint density at radius 1 is 0.830 bits per heavy atom. The number of hydrogen-bond acceptors (Lipinski definition) is 4. The van der Waals surface area contributed by atoms with Crippen molar-refractivity contribution < 1.29 is 22.4 Å². The second-order valence-corrected chi connectivity index (χ2v) is 14.1. The van der Waals surface area contributed by atoms with Crippen molar-refractivity contribution in [2.24, 2.45) is 0 Å².